The minimum Gasteiger partial charge on any atom is -0.459 e. The maximum Gasteiger partial charge on any atom is 0.311 e. The van der Waals surface area contributed by atoms with Crippen LogP contribution in [0.5, 0.6) is 0 Å². The molecule has 1 aliphatic carbocycles. The first-order chi connectivity index (χ1) is 14.0. The van der Waals surface area contributed by atoms with Crippen molar-refractivity contribution in [3.05, 3.63) is 48.2 Å². The summed E-state index contributed by atoms with van der Waals surface area (Å²) in [6.07, 6.45) is 8.02. The molecule has 5 atom stereocenters. The lowest BCUT2D eigenvalue weighted by atomic mass is 9.80. The number of rotatable bonds is 3. The van der Waals surface area contributed by atoms with Crippen LogP contribution in [0, 0.1) is 11.8 Å². The SMILES string of the molecule is C/C1=C\CC[C@@]2(C)O[C@@H]2[C@H]2OC(=O)[C@@H](Cn3cc(-c4ccccc4)nn3)[C@@H]2CC1. The molecular formula is C23H27N3O3. The molecule has 3 heterocycles. The van der Waals surface area contributed by atoms with Gasteiger partial charge in [-0.05, 0) is 39.5 Å². The van der Waals surface area contributed by atoms with Crippen LogP contribution in [-0.4, -0.2) is 38.8 Å². The lowest BCUT2D eigenvalue weighted by molar-refractivity contribution is -0.145. The number of nitrogens with zero attached hydrogens (tertiary/aromatic N) is 3. The average molecular weight is 393 g/mol. The number of hydrogen-bond acceptors (Lipinski definition) is 5. The van der Waals surface area contributed by atoms with E-state index in [9.17, 15) is 4.79 Å². The average Bonchev–Trinajstić information content (AvgIpc) is 3.04. The summed E-state index contributed by atoms with van der Waals surface area (Å²) in [6.45, 7) is 4.82. The van der Waals surface area contributed by atoms with Crippen molar-refractivity contribution in [1.29, 1.82) is 0 Å². The fraction of sp³-hybridized carbons (Fsp3) is 0.522. The first-order valence-corrected chi connectivity index (χ1v) is 10.5. The van der Waals surface area contributed by atoms with E-state index >= 15 is 0 Å². The largest absolute Gasteiger partial charge is 0.459 e. The third-order valence-electron chi connectivity index (χ3n) is 6.73. The van der Waals surface area contributed by atoms with Gasteiger partial charge in [-0.2, -0.15) is 0 Å². The molecule has 0 bridgehead atoms. The van der Waals surface area contributed by atoms with Crippen molar-refractivity contribution in [1.82, 2.24) is 15.0 Å². The second kappa shape index (κ2) is 7.10. The van der Waals surface area contributed by atoms with Gasteiger partial charge in [0.25, 0.3) is 0 Å². The Morgan fingerprint density at radius 3 is 2.93 bits per heavy atom. The van der Waals surface area contributed by atoms with Crippen LogP contribution in [0.1, 0.15) is 39.5 Å². The number of allylic oxidation sites excluding steroid dienone is 2. The number of benzene rings is 1. The summed E-state index contributed by atoms with van der Waals surface area (Å²) in [5.41, 5.74) is 3.06. The molecule has 0 saturated carbocycles. The standard InChI is InChI=1S/C23H27N3O3/c1-15-7-6-12-23(2)21(29-23)20-17(11-10-15)18(22(27)28-20)13-26-14-19(24-25-26)16-8-4-3-5-9-16/h3-5,7-9,14,17-18,20-21H,6,10-13H2,1-2H3/b15-7+/t17-,18-,20-,21+,23+/m0/s1. The third-order valence-corrected chi connectivity index (χ3v) is 6.73. The van der Waals surface area contributed by atoms with Gasteiger partial charge in [-0.3, -0.25) is 9.48 Å². The van der Waals surface area contributed by atoms with E-state index in [4.69, 9.17) is 9.47 Å². The van der Waals surface area contributed by atoms with Gasteiger partial charge in [0.1, 0.15) is 17.9 Å². The summed E-state index contributed by atoms with van der Waals surface area (Å²) in [5.74, 6) is -0.207. The predicted molar refractivity (Wildman–Crippen MR) is 108 cm³/mol. The smallest absolute Gasteiger partial charge is 0.311 e. The molecule has 6 nitrogen and oxygen atoms in total. The van der Waals surface area contributed by atoms with Crippen LogP contribution in [0.25, 0.3) is 11.3 Å². The Labute approximate surface area is 170 Å². The highest BCUT2D eigenvalue weighted by molar-refractivity contribution is 5.75. The fourth-order valence-corrected chi connectivity index (χ4v) is 4.88. The van der Waals surface area contributed by atoms with Crippen LogP contribution in [-0.2, 0) is 20.8 Å². The highest BCUT2D eigenvalue weighted by atomic mass is 16.6. The molecule has 2 saturated heterocycles. The normalized spacial score (nSPS) is 35.8. The van der Waals surface area contributed by atoms with Gasteiger partial charge in [-0.25, -0.2) is 0 Å². The van der Waals surface area contributed by atoms with Crippen LogP contribution in [0.2, 0.25) is 0 Å². The third kappa shape index (κ3) is 3.50. The molecule has 0 N–H and O–H groups in total. The van der Waals surface area contributed by atoms with Gasteiger partial charge in [0, 0.05) is 11.5 Å². The molecule has 29 heavy (non-hydrogen) atoms. The molecule has 1 aromatic carbocycles. The van der Waals surface area contributed by atoms with Gasteiger partial charge in [-0.1, -0.05) is 47.2 Å². The second-order valence-corrected chi connectivity index (χ2v) is 8.84. The quantitative estimate of drug-likeness (QED) is 0.451. The first-order valence-electron chi connectivity index (χ1n) is 10.5. The zero-order valence-electron chi connectivity index (χ0n) is 17.0. The molecule has 2 fully saturated rings. The summed E-state index contributed by atoms with van der Waals surface area (Å²) in [4.78, 5) is 12.8. The fourth-order valence-electron chi connectivity index (χ4n) is 4.88. The lowest BCUT2D eigenvalue weighted by Crippen LogP contribution is -2.31. The molecule has 0 spiro atoms. The number of hydrogen-bond donors (Lipinski definition) is 0. The topological polar surface area (TPSA) is 69.5 Å². The maximum absolute atomic E-state index is 12.8. The highest BCUT2D eigenvalue weighted by Crippen LogP contribution is 2.50. The number of esters is 1. The first kappa shape index (κ1) is 18.6. The Morgan fingerprint density at radius 1 is 1.28 bits per heavy atom. The number of ether oxygens (including phenoxy) is 2. The van der Waals surface area contributed by atoms with Gasteiger partial charge in [-0.15, -0.1) is 5.10 Å². The van der Waals surface area contributed by atoms with E-state index in [1.807, 2.05) is 36.5 Å². The number of fused-ring (bicyclic) bond motifs is 3. The van der Waals surface area contributed by atoms with E-state index in [1.54, 1.807) is 4.68 Å². The van der Waals surface area contributed by atoms with Crippen LogP contribution in [0.15, 0.2) is 48.2 Å². The molecule has 6 heteroatoms. The molecule has 2 aromatic rings. The van der Waals surface area contributed by atoms with E-state index in [1.165, 1.54) is 5.57 Å². The number of carbonyl (C=O) groups excluding carboxylic acids is 1. The van der Waals surface area contributed by atoms with Crippen molar-refractivity contribution >= 4 is 5.97 Å². The number of epoxide rings is 1. The van der Waals surface area contributed by atoms with Crippen molar-refractivity contribution < 1.29 is 14.3 Å². The number of carbonyl (C=O) groups is 1. The van der Waals surface area contributed by atoms with Crippen LogP contribution >= 0.6 is 0 Å². The van der Waals surface area contributed by atoms with Gasteiger partial charge >= 0.3 is 5.97 Å². The Hall–Kier alpha value is -2.47. The van der Waals surface area contributed by atoms with E-state index in [-0.39, 0.29) is 35.6 Å². The minimum atomic E-state index is -0.217. The van der Waals surface area contributed by atoms with Crippen LogP contribution in [0.4, 0.5) is 0 Å². The van der Waals surface area contributed by atoms with Crippen molar-refractivity contribution in [2.24, 2.45) is 11.8 Å². The van der Waals surface area contributed by atoms with Crippen molar-refractivity contribution in [2.75, 3.05) is 0 Å². The van der Waals surface area contributed by atoms with Gasteiger partial charge < -0.3 is 9.47 Å². The molecule has 3 aliphatic rings. The zero-order valence-corrected chi connectivity index (χ0v) is 17.0. The monoisotopic (exact) mass is 393 g/mol. The van der Waals surface area contributed by atoms with E-state index in [2.05, 4.69) is 30.2 Å². The molecule has 0 amide bonds. The molecule has 1 aromatic heterocycles. The molecule has 152 valence electrons. The molecule has 5 rings (SSSR count). The Bertz CT molecular complexity index is 938. The minimum absolute atomic E-state index is 0.0175. The molecular weight excluding hydrogens is 366 g/mol. The van der Waals surface area contributed by atoms with Crippen molar-refractivity contribution in [2.45, 2.75) is 63.9 Å². The van der Waals surface area contributed by atoms with Gasteiger partial charge in [0.05, 0.1) is 24.3 Å². The van der Waals surface area contributed by atoms with Crippen LogP contribution < -0.4 is 0 Å². The summed E-state index contributed by atoms with van der Waals surface area (Å²) >= 11 is 0. The zero-order chi connectivity index (χ0) is 20.0. The van der Waals surface area contributed by atoms with E-state index in [0.717, 1.165) is 36.9 Å². The molecule has 0 unspecified atom stereocenters. The van der Waals surface area contributed by atoms with Gasteiger partial charge in [0.15, 0.2) is 0 Å². The van der Waals surface area contributed by atoms with E-state index in [0.29, 0.717) is 6.54 Å². The van der Waals surface area contributed by atoms with E-state index < -0.39 is 0 Å². The molecule has 0 radical (unpaired) electrons. The highest BCUT2D eigenvalue weighted by Gasteiger charge is 2.62. The second-order valence-electron chi connectivity index (χ2n) is 8.84. The predicted octanol–water partition coefficient (Wildman–Crippen LogP) is 3.78. The lowest BCUT2D eigenvalue weighted by Gasteiger charge is -2.22. The Morgan fingerprint density at radius 2 is 2.10 bits per heavy atom. The van der Waals surface area contributed by atoms with Crippen LogP contribution in [0.3, 0.4) is 0 Å². The maximum atomic E-state index is 12.8. The Kier molecular flexibility index (Phi) is 4.54. The van der Waals surface area contributed by atoms with Crippen molar-refractivity contribution in [3.8, 4) is 11.3 Å². The van der Waals surface area contributed by atoms with Crippen molar-refractivity contribution in [3.63, 3.8) is 0 Å². The summed E-state index contributed by atoms with van der Waals surface area (Å²) < 4.78 is 13.7. The number of aromatic nitrogens is 3. The summed E-state index contributed by atoms with van der Waals surface area (Å²) in [7, 11) is 0. The summed E-state index contributed by atoms with van der Waals surface area (Å²) in [5, 5.41) is 8.57. The summed E-state index contributed by atoms with van der Waals surface area (Å²) in [6, 6.07) is 9.96. The Balaban J connectivity index is 1.37. The van der Waals surface area contributed by atoms with Gasteiger partial charge in [0.2, 0.25) is 0 Å². The molecule has 2 aliphatic heterocycles.